The fourth-order valence-corrected chi connectivity index (χ4v) is 3.73. The Hall–Kier alpha value is -2.85. The van der Waals surface area contributed by atoms with Gasteiger partial charge >= 0.3 is 0 Å². The third kappa shape index (κ3) is 4.60. The molecule has 1 heterocycles. The van der Waals surface area contributed by atoms with Gasteiger partial charge in [-0.1, -0.05) is 25.1 Å². The van der Waals surface area contributed by atoms with Gasteiger partial charge in [-0.2, -0.15) is 5.26 Å². The summed E-state index contributed by atoms with van der Waals surface area (Å²) in [7, 11) is 0. The van der Waals surface area contributed by atoms with Crippen molar-refractivity contribution in [3.8, 4) is 11.8 Å². The van der Waals surface area contributed by atoms with E-state index in [1.807, 2.05) is 51.1 Å². The average molecular weight is 495 g/mol. The van der Waals surface area contributed by atoms with E-state index in [1.54, 1.807) is 6.08 Å². The zero-order valence-electron chi connectivity index (χ0n) is 16.7. The van der Waals surface area contributed by atoms with Crippen LogP contribution in [0.4, 0.5) is 5.69 Å². The van der Waals surface area contributed by atoms with Crippen molar-refractivity contribution < 1.29 is 4.79 Å². The summed E-state index contributed by atoms with van der Waals surface area (Å²) in [4.78, 5) is 12.7. The first-order valence-corrected chi connectivity index (χ1v) is 10.5. The topological polar surface area (TPSA) is 57.8 Å². The largest absolute Gasteiger partial charge is 0.321 e. The molecule has 0 bridgehead atoms. The summed E-state index contributed by atoms with van der Waals surface area (Å²) >= 11 is 2.28. The lowest BCUT2D eigenvalue weighted by atomic mass is 10.1. The molecule has 1 aromatic heterocycles. The average Bonchev–Trinajstić information content (AvgIpc) is 3.00. The molecule has 0 atom stereocenters. The highest BCUT2D eigenvalue weighted by Gasteiger charge is 2.15. The van der Waals surface area contributed by atoms with Crippen molar-refractivity contribution in [2.24, 2.45) is 0 Å². The van der Waals surface area contributed by atoms with Crippen molar-refractivity contribution in [1.82, 2.24) is 4.57 Å². The van der Waals surface area contributed by atoms with Gasteiger partial charge in [0.05, 0.1) is 0 Å². The molecule has 1 N–H and O–H groups in total. The van der Waals surface area contributed by atoms with E-state index >= 15 is 0 Å². The van der Waals surface area contributed by atoms with Crippen molar-refractivity contribution >= 4 is 40.3 Å². The summed E-state index contributed by atoms with van der Waals surface area (Å²) in [6.07, 6.45) is 2.47. The van der Waals surface area contributed by atoms with E-state index in [0.29, 0.717) is 0 Å². The highest BCUT2D eigenvalue weighted by Crippen LogP contribution is 2.24. The molecule has 1 amide bonds. The quantitative estimate of drug-likeness (QED) is 0.276. The van der Waals surface area contributed by atoms with Crippen LogP contribution in [0.3, 0.4) is 0 Å². The fraction of sp³-hybridized carbons (Fsp3) is 0.167. The van der Waals surface area contributed by atoms with E-state index in [9.17, 15) is 10.1 Å². The number of amides is 1. The van der Waals surface area contributed by atoms with Crippen molar-refractivity contribution in [3.63, 3.8) is 0 Å². The molecule has 0 unspecified atom stereocenters. The minimum Gasteiger partial charge on any atom is -0.321 e. The standard InChI is InChI=1S/C24H22IN3O/c1-4-18-7-5-6-8-23(18)27-24(29)20(15-26)14-19-13-16(2)28(17(19)3)22-11-9-21(25)10-12-22/h5-14H,4H2,1-3H3,(H,27,29)/b20-14-. The predicted molar refractivity (Wildman–Crippen MR) is 126 cm³/mol. The van der Waals surface area contributed by atoms with E-state index in [1.165, 1.54) is 3.57 Å². The lowest BCUT2D eigenvalue weighted by molar-refractivity contribution is -0.112. The summed E-state index contributed by atoms with van der Waals surface area (Å²) in [5.74, 6) is -0.396. The first kappa shape index (κ1) is 20.9. The van der Waals surface area contributed by atoms with Crippen LogP contribution in [0.1, 0.15) is 29.4 Å². The lowest BCUT2D eigenvalue weighted by Crippen LogP contribution is -2.14. The van der Waals surface area contributed by atoms with Gasteiger partial charge in [-0.25, -0.2) is 0 Å². The molecule has 0 aliphatic rings. The van der Waals surface area contributed by atoms with Crippen molar-refractivity contribution in [3.05, 3.63) is 86.3 Å². The van der Waals surface area contributed by atoms with E-state index in [2.05, 4.69) is 62.8 Å². The highest BCUT2D eigenvalue weighted by atomic mass is 127. The zero-order valence-corrected chi connectivity index (χ0v) is 18.8. The lowest BCUT2D eigenvalue weighted by Gasteiger charge is -2.10. The van der Waals surface area contributed by atoms with Crippen LogP contribution in [0.15, 0.2) is 60.2 Å². The molecule has 3 aromatic rings. The number of nitrogens with zero attached hydrogens (tertiary/aromatic N) is 2. The Kier molecular flexibility index (Phi) is 6.55. The smallest absolute Gasteiger partial charge is 0.266 e. The second kappa shape index (κ2) is 9.10. The second-order valence-corrected chi connectivity index (χ2v) is 8.02. The first-order chi connectivity index (χ1) is 13.9. The van der Waals surface area contributed by atoms with Crippen LogP contribution < -0.4 is 5.32 Å². The van der Waals surface area contributed by atoms with E-state index in [-0.39, 0.29) is 5.57 Å². The van der Waals surface area contributed by atoms with Crippen LogP contribution in [0.5, 0.6) is 0 Å². The van der Waals surface area contributed by atoms with Crippen LogP contribution in [-0.4, -0.2) is 10.5 Å². The molecule has 29 heavy (non-hydrogen) atoms. The number of nitrogens with one attached hydrogen (secondary N) is 1. The van der Waals surface area contributed by atoms with Crippen LogP contribution in [-0.2, 0) is 11.2 Å². The molecule has 0 spiro atoms. The number of anilines is 1. The number of para-hydroxylation sites is 1. The van der Waals surface area contributed by atoms with Gasteiger partial charge < -0.3 is 9.88 Å². The molecule has 5 heteroatoms. The molecule has 0 fully saturated rings. The maximum Gasteiger partial charge on any atom is 0.266 e. The molecule has 4 nitrogen and oxygen atoms in total. The second-order valence-electron chi connectivity index (χ2n) is 6.77. The summed E-state index contributed by atoms with van der Waals surface area (Å²) in [5.41, 5.74) is 5.80. The molecule has 0 aliphatic carbocycles. The normalized spacial score (nSPS) is 11.2. The van der Waals surface area contributed by atoms with Gasteiger partial charge in [-0.15, -0.1) is 0 Å². The maximum absolute atomic E-state index is 12.7. The Balaban J connectivity index is 1.93. The summed E-state index contributed by atoms with van der Waals surface area (Å²) in [5, 5.41) is 12.5. The van der Waals surface area contributed by atoms with E-state index in [4.69, 9.17) is 0 Å². The summed E-state index contributed by atoms with van der Waals surface area (Å²) in [6, 6.07) is 19.9. The number of aryl methyl sites for hydroxylation is 2. The van der Waals surface area contributed by atoms with Gasteiger partial charge in [0.25, 0.3) is 5.91 Å². The Labute approximate surface area is 185 Å². The van der Waals surface area contributed by atoms with E-state index in [0.717, 1.165) is 40.3 Å². The van der Waals surface area contributed by atoms with Crippen molar-refractivity contribution in [2.45, 2.75) is 27.2 Å². The Morgan fingerprint density at radius 3 is 2.52 bits per heavy atom. The molecule has 0 radical (unpaired) electrons. The molecule has 0 saturated heterocycles. The zero-order chi connectivity index (χ0) is 21.0. The Morgan fingerprint density at radius 2 is 1.86 bits per heavy atom. The van der Waals surface area contributed by atoms with Gasteiger partial charge in [0.2, 0.25) is 0 Å². The first-order valence-electron chi connectivity index (χ1n) is 9.40. The Bertz CT molecular complexity index is 1120. The molecular weight excluding hydrogens is 473 g/mol. The van der Waals surface area contributed by atoms with Crippen LogP contribution in [0, 0.1) is 28.7 Å². The molecule has 0 aliphatic heterocycles. The van der Waals surface area contributed by atoms with Gasteiger partial charge in [0.15, 0.2) is 0 Å². The van der Waals surface area contributed by atoms with Crippen LogP contribution >= 0.6 is 22.6 Å². The van der Waals surface area contributed by atoms with Gasteiger partial charge in [0, 0.05) is 26.3 Å². The molecule has 0 saturated carbocycles. The monoisotopic (exact) mass is 495 g/mol. The number of rotatable bonds is 5. The predicted octanol–water partition coefficient (Wildman–Crippen LogP) is 5.81. The number of hydrogen-bond acceptors (Lipinski definition) is 2. The number of nitriles is 1. The Morgan fingerprint density at radius 1 is 1.17 bits per heavy atom. The third-order valence-corrected chi connectivity index (χ3v) is 5.59. The molecule has 3 rings (SSSR count). The van der Waals surface area contributed by atoms with Crippen LogP contribution in [0.25, 0.3) is 11.8 Å². The number of carbonyl (C=O) groups is 1. The number of hydrogen-bond donors (Lipinski definition) is 1. The molecule has 2 aromatic carbocycles. The highest BCUT2D eigenvalue weighted by molar-refractivity contribution is 14.1. The maximum atomic E-state index is 12.7. The summed E-state index contributed by atoms with van der Waals surface area (Å²) in [6.45, 7) is 6.05. The van der Waals surface area contributed by atoms with Gasteiger partial charge in [-0.05, 0) is 96.5 Å². The minimum atomic E-state index is -0.396. The van der Waals surface area contributed by atoms with Crippen molar-refractivity contribution in [1.29, 1.82) is 5.26 Å². The van der Waals surface area contributed by atoms with E-state index < -0.39 is 5.91 Å². The SMILES string of the molecule is CCc1ccccc1NC(=O)/C(C#N)=C\c1cc(C)n(-c2ccc(I)cc2)c1C. The number of carbonyl (C=O) groups excluding carboxylic acids is 1. The number of halogens is 1. The van der Waals surface area contributed by atoms with Gasteiger partial charge in [-0.3, -0.25) is 4.79 Å². The third-order valence-electron chi connectivity index (χ3n) is 4.87. The van der Waals surface area contributed by atoms with Crippen molar-refractivity contribution in [2.75, 3.05) is 5.32 Å². The van der Waals surface area contributed by atoms with Gasteiger partial charge in [0.1, 0.15) is 11.6 Å². The summed E-state index contributed by atoms with van der Waals surface area (Å²) < 4.78 is 3.30. The molecular formula is C24H22IN3O. The molecule has 146 valence electrons. The van der Waals surface area contributed by atoms with Crippen LogP contribution in [0.2, 0.25) is 0 Å². The fourth-order valence-electron chi connectivity index (χ4n) is 3.37. The number of benzene rings is 2. The number of aromatic nitrogens is 1. The minimum absolute atomic E-state index is 0.0822.